The maximum Gasteiger partial charge on any atom is 0.410 e. The second kappa shape index (κ2) is 8.37. The van der Waals surface area contributed by atoms with Crippen molar-refractivity contribution >= 4 is 12.1 Å². The number of nitrogens with one attached hydrogen (secondary N) is 2. The van der Waals surface area contributed by atoms with Crippen molar-refractivity contribution in [2.24, 2.45) is 4.99 Å². The molecule has 1 aromatic heterocycles. The molecule has 0 aromatic carbocycles. The van der Waals surface area contributed by atoms with E-state index in [1.807, 2.05) is 34.6 Å². The molecule has 2 heterocycles. The summed E-state index contributed by atoms with van der Waals surface area (Å²) in [6, 6.07) is 0.157. The van der Waals surface area contributed by atoms with Crippen molar-refractivity contribution in [1.29, 1.82) is 0 Å². The summed E-state index contributed by atoms with van der Waals surface area (Å²) in [7, 11) is 1.71. The first-order chi connectivity index (χ1) is 12.2. The van der Waals surface area contributed by atoms with E-state index in [-0.39, 0.29) is 18.1 Å². The van der Waals surface area contributed by atoms with Gasteiger partial charge in [-0.05, 0) is 20.8 Å². The molecule has 1 amide bonds. The van der Waals surface area contributed by atoms with Gasteiger partial charge in [-0.2, -0.15) is 4.98 Å². The number of ether oxygens (including phenoxy) is 1. The number of guanidine groups is 1. The van der Waals surface area contributed by atoms with Gasteiger partial charge in [0.05, 0.1) is 6.04 Å². The Morgan fingerprint density at radius 3 is 2.65 bits per heavy atom. The molecule has 26 heavy (non-hydrogen) atoms. The molecule has 9 heteroatoms. The molecule has 2 N–H and O–H groups in total. The minimum absolute atomic E-state index is 0.157. The monoisotopic (exact) mass is 366 g/mol. The summed E-state index contributed by atoms with van der Waals surface area (Å²) < 4.78 is 10.6. The minimum Gasteiger partial charge on any atom is -0.444 e. The summed E-state index contributed by atoms with van der Waals surface area (Å²) in [5.41, 5.74) is -0.475. The highest BCUT2D eigenvalue weighted by Crippen LogP contribution is 2.15. The lowest BCUT2D eigenvalue weighted by atomic mass is 10.1. The van der Waals surface area contributed by atoms with E-state index in [9.17, 15) is 4.79 Å². The molecule has 9 nitrogen and oxygen atoms in total. The van der Waals surface area contributed by atoms with E-state index >= 15 is 0 Å². The largest absolute Gasteiger partial charge is 0.444 e. The molecule has 0 unspecified atom stereocenters. The Balaban J connectivity index is 1.68. The summed E-state index contributed by atoms with van der Waals surface area (Å²) in [5.74, 6) is 2.26. The van der Waals surface area contributed by atoms with Crippen LogP contribution in [0.25, 0.3) is 0 Å². The molecule has 1 aromatic rings. The van der Waals surface area contributed by atoms with Crippen molar-refractivity contribution in [2.45, 2.75) is 58.6 Å². The molecule has 0 atom stereocenters. The molecule has 0 spiro atoms. The Labute approximate surface area is 154 Å². The fourth-order valence-corrected chi connectivity index (χ4v) is 2.33. The Hall–Kier alpha value is -2.32. The van der Waals surface area contributed by atoms with E-state index in [1.54, 1.807) is 11.9 Å². The molecule has 146 valence electrons. The van der Waals surface area contributed by atoms with Crippen LogP contribution in [0.5, 0.6) is 0 Å². The lowest BCUT2D eigenvalue weighted by Crippen LogP contribution is -2.63. The van der Waals surface area contributed by atoms with Crippen LogP contribution >= 0.6 is 0 Å². The topological polar surface area (TPSA) is 105 Å². The van der Waals surface area contributed by atoms with Crippen LogP contribution < -0.4 is 10.6 Å². The van der Waals surface area contributed by atoms with E-state index < -0.39 is 5.60 Å². The first-order valence-corrected chi connectivity index (χ1v) is 8.95. The predicted molar refractivity (Wildman–Crippen MR) is 98.2 cm³/mol. The van der Waals surface area contributed by atoms with Crippen molar-refractivity contribution in [2.75, 3.05) is 26.7 Å². The van der Waals surface area contributed by atoms with Crippen LogP contribution in [0.1, 0.15) is 52.3 Å². The van der Waals surface area contributed by atoms with E-state index in [4.69, 9.17) is 9.26 Å². The highest BCUT2D eigenvalue weighted by atomic mass is 16.6. The Morgan fingerprint density at radius 2 is 2.12 bits per heavy atom. The standard InChI is InChI=1S/C17H30N6O3/c1-11(2)14-21-13(26-22-14)7-8-19-15(18-6)20-12-9-23(10-12)16(24)25-17(3,4)5/h11-12H,7-10H2,1-6H3,(H2,18,19,20). The average Bonchev–Trinajstić information content (AvgIpc) is 2.95. The summed E-state index contributed by atoms with van der Waals surface area (Å²) in [4.78, 5) is 22.1. The molecule has 0 bridgehead atoms. The third kappa shape index (κ3) is 5.89. The number of rotatable bonds is 5. The summed E-state index contributed by atoms with van der Waals surface area (Å²) in [5, 5.41) is 10.4. The second-order valence-electron chi connectivity index (χ2n) is 7.68. The third-order valence-electron chi connectivity index (χ3n) is 3.73. The van der Waals surface area contributed by atoms with Crippen LogP contribution in [0.4, 0.5) is 4.79 Å². The van der Waals surface area contributed by atoms with Crippen LogP contribution in [0.2, 0.25) is 0 Å². The average molecular weight is 366 g/mol. The van der Waals surface area contributed by atoms with Gasteiger partial charge in [0.25, 0.3) is 0 Å². The van der Waals surface area contributed by atoms with E-state index in [0.717, 1.165) is 5.82 Å². The van der Waals surface area contributed by atoms with Gasteiger partial charge in [0.1, 0.15) is 5.60 Å². The number of likely N-dealkylation sites (tertiary alicyclic amines) is 1. The van der Waals surface area contributed by atoms with Gasteiger partial charge in [-0.15, -0.1) is 0 Å². The lowest BCUT2D eigenvalue weighted by molar-refractivity contribution is 0.00701. The lowest BCUT2D eigenvalue weighted by Gasteiger charge is -2.40. The van der Waals surface area contributed by atoms with Gasteiger partial charge in [0.2, 0.25) is 5.89 Å². The van der Waals surface area contributed by atoms with Crippen LogP contribution in [0.15, 0.2) is 9.52 Å². The van der Waals surface area contributed by atoms with Crippen molar-refractivity contribution in [3.63, 3.8) is 0 Å². The molecule has 1 saturated heterocycles. The van der Waals surface area contributed by atoms with E-state index in [2.05, 4.69) is 25.8 Å². The molecule has 0 saturated carbocycles. The first kappa shape index (κ1) is 20.0. The van der Waals surface area contributed by atoms with Gasteiger partial charge in [-0.3, -0.25) is 4.99 Å². The van der Waals surface area contributed by atoms with Gasteiger partial charge >= 0.3 is 6.09 Å². The van der Waals surface area contributed by atoms with Gasteiger partial charge < -0.3 is 24.8 Å². The third-order valence-corrected chi connectivity index (χ3v) is 3.73. The van der Waals surface area contributed by atoms with Gasteiger partial charge in [0.15, 0.2) is 11.8 Å². The number of aromatic nitrogens is 2. The van der Waals surface area contributed by atoms with Crippen LogP contribution in [0.3, 0.4) is 0 Å². The first-order valence-electron chi connectivity index (χ1n) is 8.95. The SMILES string of the molecule is CN=C(NCCc1nc(C(C)C)no1)NC1CN(C(=O)OC(C)(C)C)C1. The molecule has 0 aliphatic carbocycles. The zero-order chi connectivity index (χ0) is 19.3. The summed E-state index contributed by atoms with van der Waals surface area (Å²) >= 11 is 0. The number of carbonyl (C=O) groups excluding carboxylic acids is 1. The normalized spacial score (nSPS) is 15.8. The van der Waals surface area contributed by atoms with E-state index in [0.29, 0.717) is 37.9 Å². The zero-order valence-electron chi connectivity index (χ0n) is 16.5. The molecular weight excluding hydrogens is 336 g/mol. The second-order valence-corrected chi connectivity index (χ2v) is 7.68. The summed E-state index contributed by atoms with van der Waals surface area (Å²) in [6.07, 6.45) is 0.339. The van der Waals surface area contributed by atoms with Crippen LogP contribution in [-0.2, 0) is 11.2 Å². The Morgan fingerprint density at radius 1 is 1.42 bits per heavy atom. The van der Waals surface area contributed by atoms with Crippen LogP contribution in [0, 0.1) is 0 Å². The Kier molecular flexibility index (Phi) is 6.44. The van der Waals surface area contributed by atoms with Crippen molar-refractivity contribution in [3.05, 3.63) is 11.7 Å². The summed E-state index contributed by atoms with van der Waals surface area (Å²) in [6.45, 7) is 11.4. The zero-order valence-corrected chi connectivity index (χ0v) is 16.5. The maximum absolute atomic E-state index is 11.9. The van der Waals surface area contributed by atoms with E-state index in [1.165, 1.54) is 0 Å². The molecule has 1 aliphatic heterocycles. The molecule has 2 rings (SSSR count). The number of carbonyl (C=O) groups is 1. The fraction of sp³-hybridized carbons (Fsp3) is 0.765. The number of nitrogens with zero attached hydrogens (tertiary/aromatic N) is 4. The molecule has 1 fully saturated rings. The molecule has 0 radical (unpaired) electrons. The number of hydrogen-bond acceptors (Lipinski definition) is 6. The van der Waals surface area contributed by atoms with Gasteiger partial charge in [-0.25, -0.2) is 4.79 Å². The quantitative estimate of drug-likeness (QED) is 0.601. The number of hydrogen-bond donors (Lipinski definition) is 2. The van der Waals surface area contributed by atoms with Crippen molar-refractivity contribution in [1.82, 2.24) is 25.7 Å². The minimum atomic E-state index is -0.475. The van der Waals surface area contributed by atoms with Gasteiger partial charge in [-0.1, -0.05) is 19.0 Å². The predicted octanol–water partition coefficient (Wildman–Crippen LogP) is 1.52. The smallest absolute Gasteiger partial charge is 0.410 e. The molecular formula is C17H30N6O3. The van der Waals surface area contributed by atoms with Gasteiger partial charge in [0, 0.05) is 39.0 Å². The number of aliphatic imine (C=N–C) groups is 1. The van der Waals surface area contributed by atoms with Crippen molar-refractivity contribution in [3.8, 4) is 0 Å². The Bertz CT molecular complexity index is 629. The highest BCUT2D eigenvalue weighted by Gasteiger charge is 2.34. The van der Waals surface area contributed by atoms with Crippen LogP contribution in [-0.4, -0.2) is 65.4 Å². The molecule has 1 aliphatic rings. The van der Waals surface area contributed by atoms with Crippen molar-refractivity contribution < 1.29 is 14.1 Å². The number of amides is 1. The highest BCUT2D eigenvalue weighted by molar-refractivity contribution is 5.80. The maximum atomic E-state index is 11.9. The fourth-order valence-electron chi connectivity index (χ4n) is 2.33.